The van der Waals surface area contributed by atoms with Crippen molar-refractivity contribution in [3.05, 3.63) is 81.0 Å². The monoisotopic (exact) mass is 334 g/mol. The summed E-state index contributed by atoms with van der Waals surface area (Å²) in [5, 5.41) is 11.2. The van der Waals surface area contributed by atoms with Crippen LogP contribution in [0.3, 0.4) is 0 Å². The second-order valence-electron chi connectivity index (χ2n) is 6.54. The lowest BCUT2D eigenvalue weighted by Gasteiger charge is -2.39. The van der Waals surface area contributed by atoms with Gasteiger partial charge in [0.1, 0.15) is 0 Å². The molecule has 1 atom stereocenters. The zero-order valence-corrected chi connectivity index (χ0v) is 13.9. The van der Waals surface area contributed by atoms with E-state index in [2.05, 4.69) is 4.90 Å². The third kappa shape index (κ3) is 2.43. The van der Waals surface area contributed by atoms with E-state index in [1.165, 1.54) is 6.07 Å². The minimum absolute atomic E-state index is 0.0549. The number of non-ortho nitro benzene ring substituents is 1. The van der Waals surface area contributed by atoms with E-state index in [0.717, 1.165) is 40.9 Å². The molecule has 0 spiro atoms. The summed E-state index contributed by atoms with van der Waals surface area (Å²) in [6.45, 7) is 0. The van der Waals surface area contributed by atoms with Crippen LogP contribution in [0.5, 0.6) is 0 Å². The number of para-hydroxylation sites is 1. The fourth-order valence-corrected chi connectivity index (χ4v) is 4.02. The Hall–Kier alpha value is -2.95. The molecule has 25 heavy (non-hydrogen) atoms. The van der Waals surface area contributed by atoms with E-state index in [0.29, 0.717) is 6.42 Å². The Morgan fingerprint density at radius 1 is 1.12 bits per heavy atom. The first kappa shape index (κ1) is 15.6. The van der Waals surface area contributed by atoms with Gasteiger partial charge < -0.3 is 4.90 Å². The van der Waals surface area contributed by atoms with Gasteiger partial charge in [0.05, 0.1) is 4.92 Å². The number of nitro groups is 1. The van der Waals surface area contributed by atoms with Crippen molar-refractivity contribution in [2.45, 2.75) is 25.2 Å². The first-order valence-electron chi connectivity index (χ1n) is 8.41. The summed E-state index contributed by atoms with van der Waals surface area (Å²) in [5.74, 6) is -0.0887. The highest BCUT2D eigenvalue weighted by Gasteiger charge is 2.37. The number of hydrogen-bond acceptors (Lipinski definition) is 4. The van der Waals surface area contributed by atoms with E-state index >= 15 is 0 Å². The average molecular weight is 334 g/mol. The van der Waals surface area contributed by atoms with Crippen molar-refractivity contribution in [1.29, 1.82) is 0 Å². The quantitative estimate of drug-likeness (QED) is 0.610. The highest BCUT2D eigenvalue weighted by atomic mass is 16.6. The van der Waals surface area contributed by atoms with Gasteiger partial charge in [-0.15, -0.1) is 0 Å². The molecule has 2 aromatic carbocycles. The van der Waals surface area contributed by atoms with E-state index < -0.39 is 0 Å². The lowest BCUT2D eigenvalue weighted by Crippen LogP contribution is -2.32. The normalized spacial score (nSPS) is 19.5. The lowest BCUT2D eigenvalue weighted by molar-refractivity contribution is -0.384. The summed E-state index contributed by atoms with van der Waals surface area (Å²) < 4.78 is 0. The predicted molar refractivity (Wildman–Crippen MR) is 95.7 cm³/mol. The van der Waals surface area contributed by atoms with Crippen LogP contribution in [0, 0.1) is 10.1 Å². The molecule has 1 aliphatic carbocycles. The number of carbonyl (C=O) groups excluding carboxylic acids is 1. The first-order valence-corrected chi connectivity index (χ1v) is 8.41. The maximum absolute atomic E-state index is 12.8. The fourth-order valence-electron chi connectivity index (χ4n) is 4.02. The molecule has 5 heteroatoms. The molecule has 0 fully saturated rings. The Morgan fingerprint density at radius 3 is 2.72 bits per heavy atom. The van der Waals surface area contributed by atoms with Gasteiger partial charge in [0.25, 0.3) is 5.69 Å². The van der Waals surface area contributed by atoms with Gasteiger partial charge in [-0.05, 0) is 30.0 Å². The van der Waals surface area contributed by atoms with Crippen molar-refractivity contribution < 1.29 is 9.72 Å². The largest absolute Gasteiger partial charge is 0.347 e. The summed E-state index contributed by atoms with van der Waals surface area (Å²) in [4.78, 5) is 25.7. The molecule has 4 rings (SSSR count). The highest BCUT2D eigenvalue weighted by Crippen LogP contribution is 2.47. The molecule has 0 radical (unpaired) electrons. The number of fused-ring (bicyclic) bond motifs is 1. The highest BCUT2D eigenvalue weighted by molar-refractivity contribution is 6.01. The Morgan fingerprint density at radius 2 is 1.92 bits per heavy atom. The molecular weight excluding hydrogens is 316 g/mol. The van der Waals surface area contributed by atoms with Crippen LogP contribution in [-0.4, -0.2) is 17.8 Å². The molecule has 5 nitrogen and oxygen atoms in total. The third-order valence-electron chi connectivity index (χ3n) is 5.15. The summed E-state index contributed by atoms with van der Waals surface area (Å²) in [6.07, 6.45) is 2.25. The number of rotatable bonds is 2. The van der Waals surface area contributed by atoms with E-state index in [1.54, 1.807) is 12.1 Å². The number of Topliss-reactive ketones (excluding diaryl/α,β-unsaturated/α-hetero) is 1. The molecule has 0 saturated carbocycles. The zero-order valence-electron chi connectivity index (χ0n) is 13.9. The smallest absolute Gasteiger partial charge is 0.269 e. The maximum atomic E-state index is 12.8. The lowest BCUT2D eigenvalue weighted by atomic mass is 9.75. The van der Waals surface area contributed by atoms with Crippen molar-refractivity contribution >= 4 is 17.2 Å². The number of benzene rings is 2. The second kappa shape index (κ2) is 5.84. The molecule has 0 saturated heterocycles. The van der Waals surface area contributed by atoms with Gasteiger partial charge in [0.2, 0.25) is 0 Å². The van der Waals surface area contributed by atoms with Crippen LogP contribution in [0.1, 0.15) is 36.3 Å². The van der Waals surface area contributed by atoms with Gasteiger partial charge in [-0.3, -0.25) is 14.9 Å². The van der Waals surface area contributed by atoms with Gasteiger partial charge in [-0.2, -0.15) is 0 Å². The summed E-state index contributed by atoms with van der Waals surface area (Å²) in [6, 6.07) is 14.7. The average Bonchev–Trinajstić information content (AvgIpc) is 2.63. The number of hydrogen-bond donors (Lipinski definition) is 0. The van der Waals surface area contributed by atoms with Crippen LogP contribution in [0.4, 0.5) is 11.4 Å². The van der Waals surface area contributed by atoms with Crippen molar-refractivity contribution in [2.24, 2.45) is 0 Å². The van der Waals surface area contributed by atoms with Gasteiger partial charge in [-0.1, -0.05) is 30.3 Å². The number of anilines is 1. The van der Waals surface area contributed by atoms with Crippen LogP contribution in [0.15, 0.2) is 59.8 Å². The van der Waals surface area contributed by atoms with Crippen molar-refractivity contribution in [3.63, 3.8) is 0 Å². The van der Waals surface area contributed by atoms with Crippen molar-refractivity contribution in [3.8, 4) is 0 Å². The molecule has 1 unspecified atom stereocenters. The van der Waals surface area contributed by atoms with Crippen LogP contribution < -0.4 is 4.90 Å². The minimum atomic E-state index is -0.387. The Balaban J connectivity index is 1.97. The standard InChI is InChI=1S/C20H18N2O3/c1-21-16-9-3-2-8-15(16)19(20-17(21)10-5-11-18(20)23)13-6-4-7-14(12-13)22(24)25/h2-4,6-9,12,19H,5,10-11H2,1H3. The molecule has 0 N–H and O–H groups in total. The van der Waals surface area contributed by atoms with Gasteiger partial charge >= 0.3 is 0 Å². The Kier molecular flexibility index (Phi) is 3.64. The summed E-state index contributed by atoms with van der Waals surface area (Å²) in [5.41, 5.74) is 4.79. The predicted octanol–water partition coefficient (Wildman–Crippen LogP) is 4.18. The Labute approximate surface area is 145 Å². The van der Waals surface area contributed by atoms with E-state index in [-0.39, 0.29) is 22.3 Å². The summed E-state index contributed by atoms with van der Waals surface area (Å²) in [7, 11) is 2.00. The Bertz CT molecular complexity index is 917. The van der Waals surface area contributed by atoms with Crippen LogP contribution in [-0.2, 0) is 4.79 Å². The third-order valence-corrected chi connectivity index (χ3v) is 5.15. The topological polar surface area (TPSA) is 63.5 Å². The molecule has 2 aromatic rings. The minimum Gasteiger partial charge on any atom is -0.347 e. The van der Waals surface area contributed by atoms with Crippen LogP contribution >= 0.6 is 0 Å². The molecule has 0 aromatic heterocycles. The molecule has 1 heterocycles. The SMILES string of the molecule is CN1C2=C(C(=O)CCC2)C(c2cccc([N+](=O)[O-])c2)c2ccccc21. The van der Waals surface area contributed by atoms with Gasteiger partial charge in [-0.25, -0.2) is 0 Å². The van der Waals surface area contributed by atoms with E-state index in [4.69, 9.17) is 0 Å². The van der Waals surface area contributed by atoms with E-state index in [9.17, 15) is 14.9 Å². The first-order chi connectivity index (χ1) is 12.1. The molecule has 126 valence electrons. The van der Waals surface area contributed by atoms with Crippen molar-refractivity contribution in [2.75, 3.05) is 11.9 Å². The molecule has 0 amide bonds. The van der Waals surface area contributed by atoms with E-state index in [1.807, 2.05) is 37.4 Å². The number of carbonyl (C=O) groups is 1. The number of nitrogens with zero attached hydrogens (tertiary/aromatic N) is 2. The molecule has 2 aliphatic rings. The van der Waals surface area contributed by atoms with Crippen molar-refractivity contribution in [1.82, 2.24) is 0 Å². The maximum Gasteiger partial charge on any atom is 0.269 e. The number of allylic oxidation sites excluding steroid dienone is 2. The molecule has 0 bridgehead atoms. The van der Waals surface area contributed by atoms with Gasteiger partial charge in [0, 0.05) is 48.5 Å². The summed E-state index contributed by atoms with van der Waals surface area (Å²) >= 11 is 0. The number of nitro benzene ring substituents is 1. The zero-order chi connectivity index (χ0) is 17.6. The second-order valence-corrected chi connectivity index (χ2v) is 6.54. The van der Waals surface area contributed by atoms with Gasteiger partial charge in [0.15, 0.2) is 5.78 Å². The van der Waals surface area contributed by atoms with Crippen LogP contribution in [0.25, 0.3) is 0 Å². The molecular formula is C20H18N2O3. The van der Waals surface area contributed by atoms with Crippen LogP contribution in [0.2, 0.25) is 0 Å². The molecule has 1 aliphatic heterocycles. The fraction of sp³-hybridized carbons (Fsp3) is 0.250. The number of ketones is 1.